The molecule has 4 nitrogen and oxygen atoms in total. The number of amides is 1. The maximum atomic E-state index is 13.3. The summed E-state index contributed by atoms with van der Waals surface area (Å²) in [5.74, 6) is -1.26. The Balaban J connectivity index is 2.30. The van der Waals surface area contributed by atoms with Crippen LogP contribution in [0.5, 0.6) is 0 Å². The normalized spacial score (nSPS) is 18.8. The van der Waals surface area contributed by atoms with E-state index < -0.39 is 17.8 Å². The number of halogens is 2. The van der Waals surface area contributed by atoms with Crippen LogP contribution in [0.3, 0.4) is 0 Å². The molecule has 0 N–H and O–H groups in total. The van der Waals surface area contributed by atoms with Crippen molar-refractivity contribution in [2.75, 3.05) is 13.7 Å². The van der Waals surface area contributed by atoms with E-state index in [1.807, 2.05) is 0 Å². The highest BCUT2D eigenvalue weighted by molar-refractivity contribution is 9.10. The molecule has 6 heteroatoms. The number of rotatable bonds is 2. The van der Waals surface area contributed by atoms with Gasteiger partial charge in [-0.25, -0.2) is 9.18 Å². The van der Waals surface area contributed by atoms with E-state index >= 15 is 0 Å². The lowest BCUT2D eigenvalue weighted by molar-refractivity contribution is -0.147. The molecule has 1 aromatic rings. The summed E-state index contributed by atoms with van der Waals surface area (Å²) in [6.07, 6.45) is 2.27. The summed E-state index contributed by atoms with van der Waals surface area (Å²) < 4.78 is 18.6. The van der Waals surface area contributed by atoms with Crippen molar-refractivity contribution in [3.8, 4) is 0 Å². The number of nitrogens with zero attached hydrogens (tertiary/aromatic N) is 1. The molecule has 0 saturated carbocycles. The first kappa shape index (κ1) is 15.0. The highest BCUT2D eigenvalue weighted by Crippen LogP contribution is 2.25. The number of carbonyl (C=O) groups excluding carboxylic acids is 2. The predicted octanol–water partition coefficient (Wildman–Crippen LogP) is 2.76. The molecule has 1 atom stereocenters. The number of ether oxygens (including phenoxy) is 1. The third kappa shape index (κ3) is 3.00. The minimum atomic E-state index is -0.587. The monoisotopic (exact) mass is 343 g/mol. The number of piperidine rings is 1. The number of hydrogen-bond acceptors (Lipinski definition) is 3. The molecule has 2 rings (SSSR count). The zero-order chi connectivity index (χ0) is 14.7. The largest absolute Gasteiger partial charge is 0.467 e. The molecule has 0 spiro atoms. The van der Waals surface area contributed by atoms with Crippen LogP contribution in [0.4, 0.5) is 4.39 Å². The second kappa shape index (κ2) is 6.35. The molecule has 1 aromatic carbocycles. The van der Waals surface area contributed by atoms with Crippen LogP contribution in [-0.4, -0.2) is 36.5 Å². The molecular formula is C14H15BrFNO3. The van der Waals surface area contributed by atoms with Gasteiger partial charge >= 0.3 is 5.97 Å². The summed E-state index contributed by atoms with van der Waals surface area (Å²) in [4.78, 5) is 25.8. The molecule has 1 heterocycles. The molecule has 1 aliphatic rings. The van der Waals surface area contributed by atoms with E-state index in [0.29, 0.717) is 17.4 Å². The van der Waals surface area contributed by atoms with Gasteiger partial charge in [-0.05, 0) is 53.4 Å². The van der Waals surface area contributed by atoms with E-state index in [4.69, 9.17) is 4.74 Å². The van der Waals surface area contributed by atoms with Crippen molar-refractivity contribution >= 4 is 27.8 Å². The second-order valence-corrected chi connectivity index (χ2v) is 5.51. The Bertz CT molecular complexity index is 535. The molecule has 0 aromatic heterocycles. The van der Waals surface area contributed by atoms with Crippen molar-refractivity contribution < 1.29 is 18.7 Å². The molecule has 0 bridgehead atoms. The lowest BCUT2D eigenvalue weighted by atomic mass is 10.0. The maximum Gasteiger partial charge on any atom is 0.328 e. The SMILES string of the molecule is COC(=O)[C@H]1CCCCN1C(=O)c1cc(F)ccc1Br. The number of carbonyl (C=O) groups is 2. The third-order valence-corrected chi connectivity index (χ3v) is 4.09. The summed E-state index contributed by atoms with van der Waals surface area (Å²) in [7, 11) is 1.30. The van der Waals surface area contributed by atoms with Crippen molar-refractivity contribution in [1.29, 1.82) is 0 Å². The summed E-state index contributed by atoms with van der Waals surface area (Å²) >= 11 is 3.24. The summed E-state index contributed by atoms with van der Waals surface area (Å²) in [5, 5.41) is 0. The van der Waals surface area contributed by atoms with Gasteiger partial charge in [-0.15, -0.1) is 0 Å². The topological polar surface area (TPSA) is 46.6 Å². The van der Waals surface area contributed by atoms with Crippen LogP contribution in [-0.2, 0) is 9.53 Å². The Morgan fingerprint density at radius 1 is 1.40 bits per heavy atom. The predicted molar refractivity (Wildman–Crippen MR) is 74.8 cm³/mol. The van der Waals surface area contributed by atoms with E-state index in [2.05, 4.69) is 15.9 Å². The quantitative estimate of drug-likeness (QED) is 0.775. The number of methoxy groups -OCH3 is 1. The van der Waals surface area contributed by atoms with Gasteiger partial charge in [0.15, 0.2) is 0 Å². The van der Waals surface area contributed by atoms with Crippen molar-refractivity contribution in [2.24, 2.45) is 0 Å². The summed E-state index contributed by atoms with van der Waals surface area (Å²) in [5.41, 5.74) is 0.223. The fourth-order valence-electron chi connectivity index (χ4n) is 2.37. The van der Waals surface area contributed by atoms with Crippen LogP contribution < -0.4 is 0 Å². The lowest BCUT2D eigenvalue weighted by Crippen LogP contribution is -2.48. The van der Waals surface area contributed by atoms with Gasteiger partial charge in [0, 0.05) is 11.0 Å². The molecule has 1 amide bonds. The number of hydrogen-bond donors (Lipinski definition) is 0. The van der Waals surface area contributed by atoms with E-state index in [-0.39, 0.29) is 11.5 Å². The Kier molecular flexibility index (Phi) is 4.75. The van der Waals surface area contributed by atoms with Crippen LogP contribution in [0, 0.1) is 5.82 Å². The second-order valence-electron chi connectivity index (χ2n) is 4.66. The van der Waals surface area contributed by atoms with Gasteiger partial charge in [-0.2, -0.15) is 0 Å². The van der Waals surface area contributed by atoms with Gasteiger partial charge < -0.3 is 9.64 Å². The van der Waals surface area contributed by atoms with E-state index in [1.165, 1.54) is 30.2 Å². The molecule has 0 aliphatic carbocycles. The fourth-order valence-corrected chi connectivity index (χ4v) is 2.79. The Morgan fingerprint density at radius 3 is 2.85 bits per heavy atom. The smallest absolute Gasteiger partial charge is 0.328 e. The van der Waals surface area contributed by atoms with Crippen molar-refractivity contribution in [3.63, 3.8) is 0 Å². The average Bonchev–Trinajstić information content (AvgIpc) is 2.48. The molecule has 1 aliphatic heterocycles. The first-order valence-corrected chi connectivity index (χ1v) is 7.17. The van der Waals surface area contributed by atoms with Crippen LogP contribution in [0.1, 0.15) is 29.6 Å². The third-order valence-electron chi connectivity index (χ3n) is 3.40. The van der Waals surface area contributed by atoms with Gasteiger partial charge in [-0.3, -0.25) is 4.79 Å². The molecule has 1 fully saturated rings. The Labute approximate surface area is 125 Å². The molecule has 108 valence electrons. The summed E-state index contributed by atoms with van der Waals surface area (Å²) in [6.45, 7) is 0.474. The minimum absolute atomic E-state index is 0.223. The number of likely N-dealkylation sites (tertiary alicyclic amines) is 1. The van der Waals surface area contributed by atoms with E-state index in [9.17, 15) is 14.0 Å². The van der Waals surface area contributed by atoms with Gasteiger partial charge in [0.05, 0.1) is 12.7 Å². The zero-order valence-corrected chi connectivity index (χ0v) is 12.7. The molecule has 20 heavy (non-hydrogen) atoms. The molecule has 1 saturated heterocycles. The maximum absolute atomic E-state index is 13.3. The van der Waals surface area contributed by atoms with Crippen molar-refractivity contribution in [1.82, 2.24) is 4.90 Å². The zero-order valence-electron chi connectivity index (χ0n) is 11.1. The fraction of sp³-hybridized carbons (Fsp3) is 0.429. The van der Waals surface area contributed by atoms with E-state index in [1.54, 1.807) is 0 Å². The van der Waals surface area contributed by atoms with Crippen LogP contribution >= 0.6 is 15.9 Å². The average molecular weight is 344 g/mol. The van der Waals surface area contributed by atoms with Crippen LogP contribution in [0.2, 0.25) is 0 Å². The molecule has 0 unspecified atom stereocenters. The minimum Gasteiger partial charge on any atom is -0.467 e. The lowest BCUT2D eigenvalue weighted by Gasteiger charge is -2.34. The van der Waals surface area contributed by atoms with Gasteiger partial charge in [-0.1, -0.05) is 0 Å². The van der Waals surface area contributed by atoms with Gasteiger partial charge in [0.25, 0.3) is 5.91 Å². The number of benzene rings is 1. The standard InChI is InChI=1S/C14H15BrFNO3/c1-20-14(19)12-4-2-3-7-17(12)13(18)10-8-9(16)5-6-11(10)15/h5-6,8,12H,2-4,7H2,1H3/t12-/m1/s1. The highest BCUT2D eigenvalue weighted by Gasteiger charge is 2.34. The van der Waals surface area contributed by atoms with Crippen molar-refractivity contribution in [3.05, 3.63) is 34.1 Å². The molecule has 0 radical (unpaired) electrons. The first-order valence-electron chi connectivity index (χ1n) is 6.38. The highest BCUT2D eigenvalue weighted by atomic mass is 79.9. The van der Waals surface area contributed by atoms with E-state index in [0.717, 1.165) is 12.8 Å². The van der Waals surface area contributed by atoms with Crippen LogP contribution in [0.25, 0.3) is 0 Å². The Hall–Kier alpha value is -1.43. The summed E-state index contributed by atoms with van der Waals surface area (Å²) in [6, 6.07) is 3.35. The Morgan fingerprint density at radius 2 is 2.15 bits per heavy atom. The van der Waals surface area contributed by atoms with Crippen molar-refractivity contribution in [2.45, 2.75) is 25.3 Å². The van der Waals surface area contributed by atoms with Gasteiger partial charge in [0.2, 0.25) is 0 Å². The van der Waals surface area contributed by atoms with Crippen LogP contribution in [0.15, 0.2) is 22.7 Å². The van der Waals surface area contributed by atoms with Gasteiger partial charge in [0.1, 0.15) is 11.9 Å². The number of esters is 1. The molecular weight excluding hydrogens is 329 g/mol. The first-order chi connectivity index (χ1) is 9.54.